The number of hydrogen-bond donors (Lipinski definition) is 2. The molecule has 2 N–H and O–H groups in total. The van der Waals surface area contributed by atoms with Gasteiger partial charge in [-0.25, -0.2) is 0 Å². The molecule has 4 unspecified atom stereocenters. The highest BCUT2D eigenvalue weighted by atomic mass is 16.4. The zero-order valence-electron chi connectivity index (χ0n) is 10.1. The summed E-state index contributed by atoms with van der Waals surface area (Å²) in [6, 6.07) is 0. The molecular weight excluding hydrogens is 220 g/mol. The van der Waals surface area contributed by atoms with Gasteiger partial charge in [0, 0.05) is 0 Å². The summed E-state index contributed by atoms with van der Waals surface area (Å²) in [4.78, 5) is 23.5. The van der Waals surface area contributed by atoms with E-state index < -0.39 is 22.8 Å². The Labute approximate surface area is 100 Å². The number of aliphatic carboxylic acids is 2. The summed E-state index contributed by atoms with van der Waals surface area (Å²) in [5.41, 5.74) is -2.26. The van der Waals surface area contributed by atoms with Crippen molar-refractivity contribution >= 4 is 11.9 Å². The van der Waals surface area contributed by atoms with E-state index in [0.717, 1.165) is 0 Å². The van der Waals surface area contributed by atoms with Gasteiger partial charge in [-0.15, -0.1) is 0 Å². The van der Waals surface area contributed by atoms with Crippen LogP contribution in [0, 0.1) is 22.7 Å². The lowest BCUT2D eigenvalue weighted by Crippen LogP contribution is -2.54. The predicted molar refractivity (Wildman–Crippen MR) is 61.5 cm³/mol. The number of carboxylic acids is 2. The molecule has 1 fully saturated rings. The number of carboxylic acid groups (broad SMARTS) is 2. The van der Waals surface area contributed by atoms with Gasteiger partial charge in [0.1, 0.15) is 0 Å². The van der Waals surface area contributed by atoms with Crippen LogP contribution in [0.1, 0.15) is 33.1 Å². The van der Waals surface area contributed by atoms with E-state index in [-0.39, 0.29) is 11.8 Å². The summed E-state index contributed by atoms with van der Waals surface area (Å²) in [5, 5.41) is 19.2. The lowest BCUT2D eigenvalue weighted by atomic mass is 9.55. The fraction of sp³-hybridized carbons (Fsp3) is 0.692. The highest BCUT2D eigenvalue weighted by Crippen LogP contribution is 2.66. The van der Waals surface area contributed by atoms with E-state index in [2.05, 4.69) is 0 Å². The molecule has 0 aromatic rings. The van der Waals surface area contributed by atoms with Crippen molar-refractivity contribution in [2.75, 3.05) is 0 Å². The molecule has 17 heavy (non-hydrogen) atoms. The summed E-state index contributed by atoms with van der Waals surface area (Å²) in [6.07, 6.45) is 5.21. The second-order valence-electron chi connectivity index (χ2n) is 5.09. The molecule has 2 aliphatic rings. The van der Waals surface area contributed by atoms with Gasteiger partial charge in [-0.05, 0) is 31.1 Å². The monoisotopic (exact) mass is 238 g/mol. The summed E-state index contributed by atoms with van der Waals surface area (Å²) < 4.78 is 0. The van der Waals surface area contributed by atoms with Crippen LogP contribution >= 0.6 is 0 Å². The van der Waals surface area contributed by atoms with Crippen LogP contribution in [0.25, 0.3) is 0 Å². The Morgan fingerprint density at radius 3 is 1.65 bits per heavy atom. The van der Waals surface area contributed by atoms with Gasteiger partial charge in [-0.2, -0.15) is 0 Å². The van der Waals surface area contributed by atoms with E-state index in [0.29, 0.717) is 19.3 Å². The Kier molecular flexibility index (Phi) is 2.56. The van der Waals surface area contributed by atoms with Crippen molar-refractivity contribution in [2.24, 2.45) is 22.7 Å². The van der Waals surface area contributed by atoms with E-state index >= 15 is 0 Å². The van der Waals surface area contributed by atoms with Crippen LogP contribution in [0.3, 0.4) is 0 Å². The van der Waals surface area contributed by atoms with Gasteiger partial charge >= 0.3 is 11.9 Å². The Morgan fingerprint density at radius 1 is 1.06 bits per heavy atom. The third-order valence-corrected chi connectivity index (χ3v) is 5.02. The molecule has 2 aliphatic carbocycles. The number of hydrogen-bond acceptors (Lipinski definition) is 2. The van der Waals surface area contributed by atoms with Gasteiger partial charge in [0.05, 0.1) is 10.8 Å². The largest absolute Gasteiger partial charge is 0.481 e. The van der Waals surface area contributed by atoms with Gasteiger partial charge < -0.3 is 10.2 Å². The first-order valence-electron chi connectivity index (χ1n) is 6.12. The average Bonchev–Trinajstić information content (AvgIpc) is 2.84. The number of fused-ring (bicyclic) bond motifs is 2. The molecule has 2 rings (SSSR count). The Bertz CT molecular complexity index is 364. The first-order valence-corrected chi connectivity index (χ1v) is 6.12. The van der Waals surface area contributed by atoms with Crippen molar-refractivity contribution in [3.05, 3.63) is 12.2 Å². The number of carbonyl (C=O) groups is 2. The van der Waals surface area contributed by atoms with E-state index in [9.17, 15) is 19.8 Å². The van der Waals surface area contributed by atoms with Crippen LogP contribution in [0.2, 0.25) is 0 Å². The topological polar surface area (TPSA) is 74.6 Å². The van der Waals surface area contributed by atoms with Gasteiger partial charge in [0.25, 0.3) is 0 Å². The lowest BCUT2D eigenvalue weighted by Gasteiger charge is -2.45. The van der Waals surface area contributed by atoms with Gasteiger partial charge in [0.15, 0.2) is 0 Å². The van der Waals surface area contributed by atoms with Crippen LogP contribution in [0.4, 0.5) is 0 Å². The molecular formula is C13H18O4. The summed E-state index contributed by atoms with van der Waals surface area (Å²) in [5.74, 6) is -2.18. The van der Waals surface area contributed by atoms with Crippen molar-refractivity contribution in [2.45, 2.75) is 33.1 Å². The SMILES string of the molecule is CCC1(C(=O)O)C2C=CC(C2)C1(CC)C(=O)O. The van der Waals surface area contributed by atoms with Crippen molar-refractivity contribution in [1.82, 2.24) is 0 Å². The van der Waals surface area contributed by atoms with E-state index in [1.54, 1.807) is 13.8 Å². The van der Waals surface area contributed by atoms with Crippen molar-refractivity contribution < 1.29 is 19.8 Å². The van der Waals surface area contributed by atoms with E-state index in [1.807, 2.05) is 12.2 Å². The minimum atomic E-state index is -1.13. The minimum Gasteiger partial charge on any atom is -0.481 e. The molecule has 94 valence electrons. The number of allylic oxidation sites excluding steroid dienone is 2. The molecule has 0 heterocycles. The first-order chi connectivity index (χ1) is 7.97. The molecule has 0 amide bonds. The second kappa shape index (κ2) is 3.59. The standard InChI is InChI=1S/C13H18O4/c1-3-12(10(14)15)8-5-6-9(7-8)13(12,4-2)11(16)17/h5-6,8-9H,3-4,7H2,1-2H3,(H,14,15)(H,16,17). The molecule has 0 aliphatic heterocycles. The zero-order valence-corrected chi connectivity index (χ0v) is 10.1. The van der Waals surface area contributed by atoms with Gasteiger partial charge in [-0.3, -0.25) is 9.59 Å². The van der Waals surface area contributed by atoms with Crippen molar-refractivity contribution in [3.63, 3.8) is 0 Å². The molecule has 4 heteroatoms. The van der Waals surface area contributed by atoms with Crippen LogP contribution in [-0.2, 0) is 9.59 Å². The summed E-state index contributed by atoms with van der Waals surface area (Å²) >= 11 is 0. The maximum absolute atomic E-state index is 11.7. The van der Waals surface area contributed by atoms with E-state index in [4.69, 9.17) is 0 Å². The zero-order chi connectivity index (χ0) is 12.8. The molecule has 0 aromatic heterocycles. The van der Waals surface area contributed by atoms with Crippen LogP contribution in [-0.4, -0.2) is 22.2 Å². The minimum absolute atomic E-state index is 0.133. The Morgan fingerprint density at radius 2 is 1.41 bits per heavy atom. The fourth-order valence-corrected chi connectivity index (χ4v) is 4.25. The van der Waals surface area contributed by atoms with Crippen LogP contribution < -0.4 is 0 Å². The summed E-state index contributed by atoms with van der Waals surface area (Å²) in [6.45, 7) is 3.58. The molecule has 4 atom stereocenters. The van der Waals surface area contributed by atoms with Crippen molar-refractivity contribution in [3.8, 4) is 0 Å². The van der Waals surface area contributed by atoms with Crippen molar-refractivity contribution in [1.29, 1.82) is 0 Å². The van der Waals surface area contributed by atoms with Gasteiger partial charge in [0.2, 0.25) is 0 Å². The average molecular weight is 238 g/mol. The maximum Gasteiger partial charge on any atom is 0.311 e. The molecule has 0 saturated heterocycles. The molecule has 2 bridgehead atoms. The smallest absolute Gasteiger partial charge is 0.311 e. The van der Waals surface area contributed by atoms with E-state index in [1.165, 1.54) is 0 Å². The van der Waals surface area contributed by atoms with Gasteiger partial charge in [-0.1, -0.05) is 26.0 Å². The molecule has 4 nitrogen and oxygen atoms in total. The molecule has 0 spiro atoms. The third-order valence-electron chi connectivity index (χ3n) is 5.02. The van der Waals surface area contributed by atoms with Crippen LogP contribution in [0.5, 0.6) is 0 Å². The molecule has 0 aromatic carbocycles. The molecule has 0 radical (unpaired) electrons. The second-order valence-corrected chi connectivity index (χ2v) is 5.09. The Hall–Kier alpha value is -1.32. The fourth-order valence-electron chi connectivity index (χ4n) is 4.25. The number of rotatable bonds is 4. The molecule has 1 saturated carbocycles. The summed E-state index contributed by atoms with van der Waals surface area (Å²) in [7, 11) is 0. The highest BCUT2D eigenvalue weighted by Gasteiger charge is 2.71. The first kappa shape index (κ1) is 12.1. The quantitative estimate of drug-likeness (QED) is 0.736. The normalized spacial score (nSPS) is 42.9. The van der Waals surface area contributed by atoms with Crippen LogP contribution in [0.15, 0.2) is 12.2 Å². The Balaban J connectivity index is 2.66. The lowest BCUT2D eigenvalue weighted by molar-refractivity contribution is -0.177. The highest BCUT2D eigenvalue weighted by molar-refractivity contribution is 5.89. The maximum atomic E-state index is 11.7. The predicted octanol–water partition coefficient (Wildman–Crippen LogP) is 2.15. The third kappa shape index (κ3) is 1.08.